The first kappa shape index (κ1) is 22.5. The fourth-order valence-corrected chi connectivity index (χ4v) is 4.13. The van der Waals surface area contributed by atoms with Gasteiger partial charge in [-0.3, -0.25) is 0 Å². The second-order valence-electron chi connectivity index (χ2n) is 9.85. The molecule has 1 aromatic heterocycles. The number of benzene rings is 4. The molecule has 5 rings (SSSR count). The first-order chi connectivity index (χ1) is 16.2. The topological polar surface area (TPSA) is 34.4 Å². The predicted molar refractivity (Wildman–Crippen MR) is 143 cm³/mol. The third-order valence-corrected chi connectivity index (χ3v) is 6.89. The highest BCUT2D eigenvalue weighted by Gasteiger charge is 2.35. The van der Waals surface area contributed by atoms with Gasteiger partial charge in [0.2, 0.25) is 0 Å². The molecule has 0 amide bonds. The van der Waals surface area contributed by atoms with E-state index in [1.54, 1.807) is 21.3 Å². The van der Waals surface area contributed by atoms with Crippen molar-refractivity contribution in [3.05, 3.63) is 97.1 Å². The van der Waals surface area contributed by atoms with Crippen LogP contribution in [0.3, 0.4) is 0 Å². The van der Waals surface area contributed by atoms with Gasteiger partial charge in [-0.25, -0.2) is 0 Å². The molecule has 0 fully saturated rings. The third-order valence-electron chi connectivity index (χ3n) is 6.89. The summed E-state index contributed by atoms with van der Waals surface area (Å²) < 4.78 is 8.33. The van der Waals surface area contributed by atoms with Crippen LogP contribution in [0.5, 0.6) is 0 Å². The van der Waals surface area contributed by atoms with Crippen LogP contribution >= 0.6 is 0 Å². The molecule has 0 aliphatic carbocycles. The Morgan fingerprint density at radius 2 is 1.29 bits per heavy atom. The highest BCUT2D eigenvalue weighted by Crippen LogP contribution is 2.32. The molecule has 5 aromatic rings. The lowest BCUT2D eigenvalue weighted by molar-refractivity contribution is -0.0893. The zero-order valence-corrected chi connectivity index (χ0v) is 20.1. The number of nitrogens with zero attached hydrogens (tertiary/aromatic N) is 1. The van der Waals surface area contributed by atoms with E-state index in [-0.39, 0.29) is 0 Å². The fraction of sp³-hybridized carbons (Fsp3) is 0.200. The molecule has 3 nitrogen and oxygen atoms in total. The van der Waals surface area contributed by atoms with E-state index in [2.05, 4.69) is 95.6 Å². The molecule has 1 heterocycles. The van der Waals surface area contributed by atoms with Gasteiger partial charge in [0.15, 0.2) is 0 Å². The zero-order valence-electron chi connectivity index (χ0n) is 20.1. The van der Waals surface area contributed by atoms with Crippen LogP contribution in [-0.4, -0.2) is 28.4 Å². The Hall–Kier alpha value is -3.34. The maximum Gasteiger partial charge on any atom is 0.330 e. The molecule has 169 valence electrons. The summed E-state index contributed by atoms with van der Waals surface area (Å²) in [5.41, 5.74) is 5.06. The first-order valence-electron chi connectivity index (χ1n) is 11.7. The summed E-state index contributed by atoms with van der Waals surface area (Å²) in [6, 6.07) is 34.0. The largest absolute Gasteiger partial charge is 0.427 e. The van der Waals surface area contributed by atoms with Crippen molar-refractivity contribution in [2.75, 3.05) is 0 Å². The smallest absolute Gasteiger partial charge is 0.330 e. The molecule has 0 aliphatic heterocycles. The molecule has 34 heavy (non-hydrogen) atoms. The van der Waals surface area contributed by atoms with Crippen LogP contribution in [0.2, 0.25) is 0 Å². The predicted octanol–water partition coefficient (Wildman–Crippen LogP) is 6.26. The average Bonchev–Trinajstić information content (AvgIpc) is 3.16. The Labute approximate surface area is 201 Å². The van der Waals surface area contributed by atoms with Gasteiger partial charge in [0.25, 0.3) is 0 Å². The maximum atomic E-state index is 10.4. The van der Waals surface area contributed by atoms with E-state index >= 15 is 0 Å². The Bertz CT molecular complexity index is 1450. The van der Waals surface area contributed by atoms with Crippen LogP contribution in [0.25, 0.3) is 38.6 Å². The van der Waals surface area contributed by atoms with Crippen LogP contribution < -0.4 is 5.46 Å². The van der Waals surface area contributed by atoms with Crippen molar-refractivity contribution in [2.24, 2.45) is 0 Å². The van der Waals surface area contributed by atoms with Crippen molar-refractivity contribution in [3.8, 4) is 16.8 Å². The number of hydrogen-bond acceptors (Lipinski definition) is 2. The van der Waals surface area contributed by atoms with Crippen LogP contribution in [0.4, 0.5) is 0 Å². The number of hydrogen-bond donors (Lipinski definition) is 1. The van der Waals surface area contributed by atoms with Crippen molar-refractivity contribution < 1.29 is 9.76 Å². The Morgan fingerprint density at radius 3 is 2.00 bits per heavy atom. The Kier molecular flexibility index (Phi) is 5.59. The van der Waals surface area contributed by atoms with E-state index in [0.29, 0.717) is 0 Å². The van der Waals surface area contributed by atoms with Crippen molar-refractivity contribution in [1.29, 1.82) is 0 Å². The molecule has 1 radical (unpaired) electrons. The summed E-state index contributed by atoms with van der Waals surface area (Å²) in [4.78, 5) is 0. The minimum absolute atomic E-state index is 0.720. The van der Waals surface area contributed by atoms with Crippen molar-refractivity contribution in [2.45, 2.75) is 38.9 Å². The molecule has 0 atom stereocenters. The van der Waals surface area contributed by atoms with Gasteiger partial charge in [0, 0.05) is 16.5 Å². The summed E-state index contributed by atoms with van der Waals surface area (Å²) in [6.45, 7) is 7.32. The van der Waals surface area contributed by atoms with Gasteiger partial charge in [-0.2, -0.15) is 0 Å². The number of para-hydroxylation sites is 1. The minimum Gasteiger partial charge on any atom is -0.427 e. The van der Waals surface area contributed by atoms with Gasteiger partial charge in [0.05, 0.1) is 22.2 Å². The maximum absolute atomic E-state index is 10.4. The van der Waals surface area contributed by atoms with Gasteiger partial charge in [-0.05, 0) is 63.1 Å². The fourth-order valence-electron chi connectivity index (χ4n) is 4.13. The Morgan fingerprint density at radius 1 is 0.676 bits per heavy atom. The number of fused-ring (bicyclic) bond motifs is 3. The quantitative estimate of drug-likeness (QED) is 0.313. The van der Waals surface area contributed by atoms with Gasteiger partial charge >= 0.3 is 7.48 Å². The summed E-state index contributed by atoms with van der Waals surface area (Å²) in [7, 11) is 1.75. The summed E-state index contributed by atoms with van der Waals surface area (Å²) in [6.07, 6.45) is 0. The lowest BCUT2D eigenvalue weighted by Gasteiger charge is -2.37. The van der Waals surface area contributed by atoms with Gasteiger partial charge in [0.1, 0.15) is 0 Å². The summed E-state index contributed by atoms with van der Waals surface area (Å²) in [5.74, 6) is 0. The lowest BCUT2D eigenvalue weighted by atomic mass is 9.82. The second kappa shape index (κ2) is 8.46. The molecule has 0 saturated carbocycles. The molecule has 0 spiro atoms. The van der Waals surface area contributed by atoms with Gasteiger partial charge in [-0.1, -0.05) is 78.3 Å². The molecule has 0 saturated heterocycles. The van der Waals surface area contributed by atoms with Gasteiger partial charge < -0.3 is 14.3 Å². The van der Waals surface area contributed by atoms with E-state index in [1.165, 1.54) is 27.4 Å². The van der Waals surface area contributed by atoms with Crippen molar-refractivity contribution in [3.63, 3.8) is 0 Å². The average molecular weight is 446 g/mol. The normalized spacial score (nSPS) is 12.4. The standard InChI is InChI=1S/C30H29BNO2/c1-29(2,33)30(3,4)34-31-23-16-19-26-25-12-8-9-13-27(25)32(28(26)20-23)24-17-14-22(15-18-24)21-10-6-5-7-11-21/h5-20,33H,1-4H3. The molecular weight excluding hydrogens is 417 g/mol. The SMILES string of the molecule is CC(C)(O)C(C)(C)O[B]c1ccc2c3ccccc3n(-c3ccc(-c4ccccc4)cc3)c2c1. The highest BCUT2D eigenvalue weighted by molar-refractivity contribution is 6.47. The number of aromatic nitrogens is 1. The van der Waals surface area contributed by atoms with Crippen molar-refractivity contribution in [1.82, 2.24) is 4.57 Å². The summed E-state index contributed by atoms with van der Waals surface area (Å²) in [5, 5.41) is 12.9. The zero-order chi connectivity index (χ0) is 23.9. The Balaban J connectivity index is 1.58. The highest BCUT2D eigenvalue weighted by atomic mass is 16.5. The van der Waals surface area contributed by atoms with E-state index < -0.39 is 11.2 Å². The van der Waals surface area contributed by atoms with E-state index in [9.17, 15) is 5.11 Å². The molecule has 1 N–H and O–H groups in total. The molecule has 0 aliphatic rings. The minimum atomic E-state index is -0.969. The molecule has 0 unspecified atom stereocenters. The number of aliphatic hydroxyl groups is 1. The molecule has 4 heteroatoms. The first-order valence-corrected chi connectivity index (χ1v) is 11.7. The van der Waals surface area contributed by atoms with E-state index in [4.69, 9.17) is 4.65 Å². The van der Waals surface area contributed by atoms with Crippen molar-refractivity contribution >= 4 is 34.8 Å². The van der Waals surface area contributed by atoms with E-state index in [1.807, 2.05) is 19.9 Å². The van der Waals surface area contributed by atoms with Gasteiger partial charge in [-0.15, -0.1) is 0 Å². The number of rotatable bonds is 6. The second-order valence-corrected chi connectivity index (χ2v) is 9.85. The molecule has 0 bridgehead atoms. The molecule has 4 aromatic carbocycles. The lowest BCUT2D eigenvalue weighted by Crippen LogP contribution is -2.49. The third kappa shape index (κ3) is 4.04. The monoisotopic (exact) mass is 446 g/mol. The van der Waals surface area contributed by atoms with Crippen LogP contribution in [0, 0.1) is 0 Å². The van der Waals surface area contributed by atoms with Crippen LogP contribution in [0.15, 0.2) is 97.1 Å². The van der Waals surface area contributed by atoms with E-state index in [0.717, 1.165) is 16.7 Å². The molecular formula is C30H29BNO2. The summed E-state index contributed by atoms with van der Waals surface area (Å²) >= 11 is 0. The van der Waals surface area contributed by atoms with Crippen LogP contribution in [-0.2, 0) is 4.65 Å². The van der Waals surface area contributed by atoms with Crippen LogP contribution in [0.1, 0.15) is 27.7 Å².